The third-order valence-corrected chi connectivity index (χ3v) is 4.38. The van der Waals surface area contributed by atoms with E-state index in [1.807, 2.05) is 78.9 Å². The van der Waals surface area contributed by atoms with E-state index in [0.717, 1.165) is 11.1 Å². The fraction of sp³-hybridized carbons (Fsp3) is 0. The third kappa shape index (κ3) is 3.87. The predicted molar refractivity (Wildman–Crippen MR) is 113 cm³/mol. The predicted octanol–water partition coefficient (Wildman–Crippen LogP) is 6.13. The zero-order valence-electron chi connectivity index (χ0n) is 15.4. The molecule has 5 heteroatoms. The van der Waals surface area contributed by atoms with E-state index in [1.165, 1.54) is 0 Å². The number of nitriles is 1. The van der Waals surface area contributed by atoms with Gasteiger partial charge in [-0.3, -0.25) is 5.32 Å². The van der Waals surface area contributed by atoms with E-state index in [2.05, 4.69) is 16.7 Å². The number of nitrogens with zero attached hydrogens (tertiary/aromatic N) is 1. The van der Waals surface area contributed by atoms with Crippen molar-refractivity contribution in [2.75, 3.05) is 10.6 Å². The molecule has 4 aromatic rings. The molecule has 140 valence electrons. The Bertz CT molecular complexity index is 1160. The summed E-state index contributed by atoms with van der Waals surface area (Å²) >= 11 is 0. The maximum Gasteiger partial charge on any atom is 0.326 e. The molecule has 29 heavy (non-hydrogen) atoms. The molecule has 5 nitrogen and oxygen atoms in total. The van der Waals surface area contributed by atoms with Gasteiger partial charge in [-0.2, -0.15) is 5.26 Å². The summed E-state index contributed by atoms with van der Waals surface area (Å²) < 4.78 is 5.99. The number of hydrogen-bond donors (Lipinski definition) is 2. The molecule has 0 saturated heterocycles. The molecule has 2 N–H and O–H groups in total. The van der Waals surface area contributed by atoms with Crippen molar-refractivity contribution in [3.8, 4) is 28.5 Å². The second-order valence-electron chi connectivity index (χ2n) is 6.30. The minimum atomic E-state index is -0.485. The fourth-order valence-electron chi connectivity index (χ4n) is 3.09. The molecule has 0 unspecified atom stereocenters. The van der Waals surface area contributed by atoms with Crippen molar-refractivity contribution < 1.29 is 9.21 Å². The van der Waals surface area contributed by atoms with E-state index < -0.39 is 6.03 Å². The van der Waals surface area contributed by atoms with Crippen LogP contribution < -0.4 is 10.6 Å². The van der Waals surface area contributed by atoms with Gasteiger partial charge in [0, 0.05) is 16.8 Å². The molecule has 3 aromatic carbocycles. The Morgan fingerprint density at radius 1 is 0.759 bits per heavy atom. The standard InChI is InChI=1S/C24H17N3O2/c25-16-20-21(17-10-4-1-5-11-17)22(18-12-6-2-7-13-18)29-23(20)27-24(28)26-19-14-8-3-9-15-19/h1-15H,(H2,26,27,28). The maximum atomic E-state index is 12.5. The van der Waals surface area contributed by atoms with Gasteiger partial charge in [0.2, 0.25) is 5.88 Å². The Morgan fingerprint density at radius 2 is 1.31 bits per heavy atom. The molecule has 0 saturated carbocycles. The van der Waals surface area contributed by atoms with Crippen LogP contribution in [0.2, 0.25) is 0 Å². The number of hydrogen-bond acceptors (Lipinski definition) is 3. The van der Waals surface area contributed by atoms with E-state index in [1.54, 1.807) is 12.1 Å². The summed E-state index contributed by atoms with van der Waals surface area (Å²) in [6, 6.07) is 29.8. The summed E-state index contributed by atoms with van der Waals surface area (Å²) in [6.45, 7) is 0. The van der Waals surface area contributed by atoms with Crippen LogP contribution >= 0.6 is 0 Å². The molecule has 0 spiro atoms. The van der Waals surface area contributed by atoms with E-state index >= 15 is 0 Å². The van der Waals surface area contributed by atoms with E-state index in [-0.39, 0.29) is 11.4 Å². The normalized spacial score (nSPS) is 10.2. The molecule has 0 aliphatic heterocycles. The molecule has 0 bridgehead atoms. The maximum absolute atomic E-state index is 12.5. The van der Waals surface area contributed by atoms with Crippen LogP contribution in [0.25, 0.3) is 22.5 Å². The van der Waals surface area contributed by atoms with Crippen molar-refractivity contribution in [1.29, 1.82) is 5.26 Å². The number of anilines is 2. The van der Waals surface area contributed by atoms with Crippen LogP contribution in [0.15, 0.2) is 95.4 Å². The first-order chi connectivity index (χ1) is 14.3. The summed E-state index contributed by atoms with van der Waals surface area (Å²) in [4.78, 5) is 12.5. The molecule has 0 atom stereocenters. The van der Waals surface area contributed by atoms with E-state index in [0.29, 0.717) is 17.0 Å². The van der Waals surface area contributed by atoms with Crippen molar-refractivity contribution in [3.63, 3.8) is 0 Å². The molecule has 0 aliphatic rings. The van der Waals surface area contributed by atoms with Crippen molar-refractivity contribution in [3.05, 3.63) is 96.6 Å². The number of para-hydroxylation sites is 1. The first-order valence-corrected chi connectivity index (χ1v) is 9.07. The summed E-state index contributed by atoms with van der Waals surface area (Å²) in [5, 5.41) is 15.2. The highest BCUT2D eigenvalue weighted by molar-refractivity contribution is 6.01. The van der Waals surface area contributed by atoms with Crippen LogP contribution in [-0.4, -0.2) is 6.03 Å². The number of rotatable bonds is 4. The van der Waals surface area contributed by atoms with Gasteiger partial charge in [0.15, 0.2) is 0 Å². The highest BCUT2D eigenvalue weighted by Crippen LogP contribution is 2.41. The van der Waals surface area contributed by atoms with Gasteiger partial charge >= 0.3 is 6.03 Å². The number of carbonyl (C=O) groups excluding carboxylic acids is 1. The summed E-state index contributed by atoms with van der Waals surface area (Å²) in [5.74, 6) is 0.641. The van der Waals surface area contributed by atoms with Gasteiger partial charge in [-0.1, -0.05) is 78.9 Å². The average Bonchev–Trinajstić information content (AvgIpc) is 3.13. The van der Waals surface area contributed by atoms with Gasteiger partial charge in [0.1, 0.15) is 17.4 Å². The number of carbonyl (C=O) groups is 1. The first-order valence-electron chi connectivity index (χ1n) is 9.07. The van der Waals surface area contributed by atoms with Crippen LogP contribution in [-0.2, 0) is 0 Å². The highest BCUT2D eigenvalue weighted by atomic mass is 16.4. The van der Waals surface area contributed by atoms with Gasteiger partial charge in [-0.05, 0) is 17.7 Å². The molecular weight excluding hydrogens is 362 g/mol. The SMILES string of the molecule is N#Cc1c(NC(=O)Nc2ccccc2)oc(-c2ccccc2)c1-c1ccccc1. The van der Waals surface area contributed by atoms with Gasteiger partial charge in [0.05, 0.1) is 0 Å². The lowest BCUT2D eigenvalue weighted by Gasteiger charge is -2.05. The Morgan fingerprint density at radius 3 is 1.90 bits per heavy atom. The van der Waals surface area contributed by atoms with Crippen molar-refractivity contribution in [1.82, 2.24) is 0 Å². The van der Waals surface area contributed by atoms with E-state index in [4.69, 9.17) is 4.42 Å². The van der Waals surface area contributed by atoms with Gasteiger partial charge in [-0.15, -0.1) is 0 Å². The first kappa shape index (κ1) is 18.1. The Balaban J connectivity index is 1.76. The average molecular weight is 379 g/mol. The molecule has 1 heterocycles. The van der Waals surface area contributed by atoms with Crippen LogP contribution in [0, 0.1) is 11.3 Å². The number of furan rings is 1. The molecule has 0 radical (unpaired) electrons. The molecule has 4 rings (SSSR count). The van der Waals surface area contributed by atoms with Crippen LogP contribution in [0.3, 0.4) is 0 Å². The number of nitrogens with one attached hydrogen (secondary N) is 2. The van der Waals surface area contributed by atoms with Gasteiger partial charge in [0.25, 0.3) is 0 Å². The molecule has 0 fully saturated rings. The summed E-state index contributed by atoms with van der Waals surface area (Å²) in [5.41, 5.74) is 3.22. The topological polar surface area (TPSA) is 78.1 Å². The van der Waals surface area contributed by atoms with Crippen LogP contribution in [0.1, 0.15) is 5.56 Å². The van der Waals surface area contributed by atoms with Gasteiger partial charge in [-0.25, -0.2) is 4.79 Å². The van der Waals surface area contributed by atoms with Gasteiger partial charge < -0.3 is 9.73 Å². The van der Waals surface area contributed by atoms with Crippen molar-refractivity contribution in [2.45, 2.75) is 0 Å². The smallest absolute Gasteiger partial charge is 0.326 e. The van der Waals surface area contributed by atoms with Crippen molar-refractivity contribution in [2.24, 2.45) is 0 Å². The summed E-state index contributed by atoms with van der Waals surface area (Å²) in [6.07, 6.45) is 0. The van der Waals surface area contributed by atoms with Crippen molar-refractivity contribution >= 4 is 17.6 Å². The molecule has 2 amide bonds. The zero-order valence-corrected chi connectivity index (χ0v) is 15.4. The zero-order chi connectivity index (χ0) is 20.1. The lowest BCUT2D eigenvalue weighted by Crippen LogP contribution is -2.19. The molecule has 0 aliphatic carbocycles. The highest BCUT2D eigenvalue weighted by Gasteiger charge is 2.24. The third-order valence-electron chi connectivity index (χ3n) is 4.38. The second-order valence-corrected chi connectivity index (χ2v) is 6.30. The second kappa shape index (κ2) is 8.15. The van der Waals surface area contributed by atoms with Crippen LogP contribution in [0.4, 0.5) is 16.4 Å². The lowest BCUT2D eigenvalue weighted by atomic mass is 9.98. The molecule has 1 aromatic heterocycles. The number of amides is 2. The largest absolute Gasteiger partial charge is 0.438 e. The Labute approximate surface area is 168 Å². The monoisotopic (exact) mass is 379 g/mol. The summed E-state index contributed by atoms with van der Waals surface area (Å²) in [7, 11) is 0. The minimum Gasteiger partial charge on any atom is -0.438 e. The lowest BCUT2D eigenvalue weighted by molar-refractivity contribution is 0.261. The van der Waals surface area contributed by atoms with E-state index in [9.17, 15) is 10.1 Å². The minimum absolute atomic E-state index is 0.110. The number of benzene rings is 3. The molecular formula is C24H17N3O2. The quantitative estimate of drug-likeness (QED) is 0.448. The Hall–Kier alpha value is -4.30. The fourth-order valence-corrected chi connectivity index (χ4v) is 3.09. The Kier molecular flexibility index (Phi) is 5.08. The van der Waals surface area contributed by atoms with Crippen LogP contribution in [0.5, 0.6) is 0 Å². The number of urea groups is 1.